The number of thiophene rings is 1. The molecule has 0 radical (unpaired) electrons. The molecule has 0 fully saturated rings. The van der Waals surface area contributed by atoms with E-state index in [1.807, 2.05) is 60.7 Å². The standard InChI is InChI=1S/C20H22N2O2S/c1-13(19(21)14-7-3-2-4-8-14)20(24)22-12-16(23)18-11-15-9-5-6-10-17(15)25-18/h2-11,13,16,19,23H,12,21H2,1H3,(H,22,24). The van der Waals surface area contributed by atoms with Crippen molar-refractivity contribution in [3.8, 4) is 0 Å². The lowest BCUT2D eigenvalue weighted by atomic mass is 9.94. The van der Waals surface area contributed by atoms with Crippen LogP contribution in [0.2, 0.25) is 0 Å². The minimum absolute atomic E-state index is 0.156. The molecule has 4 N–H and O–H groups in total. The lowest BCUT2D eigenvalue weighted by Gasteiger charge is -2.20. The van der Waals surface area contributed by atoms with Gasteiger partial charge in [0.05, 0.1) is 5.92 Å². The molecule has 0 aliphatic heterocycles. The molecule has 0 bridgehead atoms. The molecule has 130 valence electrons. The van der Waals surface area contributed by atoms with Gasteiger partial charge in [0.15, 0.2) is 0 Å². The number of rotatable bonds is 6. The van der Waals surface area contributed by atoms with E-state index in [-0.39, 0.29) is 24.4 Å². The van der Waals surface area contributed by atoms with Gasteiger partial charge in [-0.15, -0.1) is 11.3 Å². The van der Waals surface area contributed by atoms with Crippen molar-refractivity contribution < 1.29 is 9.90 Å². The fourth-order valence-electron chi connectivity index (χ4n) is 2.75. The molecule has 1 amide bonds. The number of carbonyl (C=O) groups excluding carboxylic acids is 1. The smallest absolute Gasteiger partial charge is 0.224 e. The number of nitrogens with one attached hydrogen (secondary N) is 1. The minimum atomic E-state index is -0.721. The summed E-state index contributed by atoms with van der Waals surface area (Å²) < 4.78 is 1.13. The third-order valence-electron chi connectivity index (χ3n) is 4.38. The summed E-state index contributed by atoms with van der Waals surface area (Å²) in [4.78, 5) is 13.2. The van der Waals surface area contributed by atoms with Crippen molar-refractivity contribution in [2.24, 2.45) is 11.7 Å². The Hall–Kier alpha value is -2.21. The summed E-state index contributed by atoms with van der Waals surface area (Å²) in [7, 11) is 0. The topological polar surface area (TPSA) is 75.3 Å². The van der Waals surface area contributed by atoms with Gasteiger partial charge in [-0.05, 0) is 23.1 Å². The van der Waals surface area contributed by atoms with Crippen LogP contribution in [0.5, 0.6) is 0 Å². The maximum atomic E-state index is 12.4. The van der Waals surface area contributed by atoms with Gasteiger partial charge in [-0.1, -0.05) is 55.5 Å². The number of hydrogen-bond acceptors (Lipinski definition) is 4. The minimum Gasteiger partial charge on any atom is -0.386 e. The zero-order valence-corrected chi connectivity index (χ0v) is 14.9. The third kappa shape index (κ3) is 4.07. The van der Waals surface area contributed by atoms with E-state index in [4.69, 9.17) is 5.73 Å². The molecule has 2 aromatic carbocycles. The van der Waals surface area contributed by atoms with E-state index >= 15 is 0 Å². The highest BCUT2D eigenvalue weighted by molar-refractivity contribution is 7.19. The van der Waals surface area contributed by atoms with Crippen LogP contribution in [0, 0.1) is 5.92 Å². The number of nitrogens with two attached hydrogens (primary N) is 1. The van der Waals surface area contributed by atoms with Crippen LogP contribution in [-0.2, 0) is 4.79 Å². The van der Waals surface area contributed by atoms with E-state index in [0.29, 0.717) is 0 Å². The Labute approximate surface area is 151 Å². The monoisotopic (exact) mass is 354 g/mol. The lowest BCUT2D eigenvalue weighted by molar-refractivity contribution is -0.125. The van der Waals surface area contributed by atoms with E-state index in [1.54, 1.807) is 18.3 Å². The molecule has 25 heavy (non-hydrogen) atoms. The summed E-state index contributed by atoms with van der Waals surface area (Å²) in [5.74, 6) is -0.534. The SMILES string of the molecule is CC(C(=O)NCC(O)c1cc2ccccc2s1)C(N)c1ccccc1. The maximum Gasteiger partial charge on any atom is 0.224 e. The van der Waals surface area contributed by atoms with Crippen LogP contribution in [0.3, 0.4) is 0 Å². The van der Waals surface area contributed by atoms with E-state index in [1.165, 1.54) is 0 Å². The fraction of sp³-hybridized carbons (Fsp3) is 0.250. The molecule has 5 heteroatoms. The van der Waals surface area contributed by atoms with E-state index in [2.05, 4.69) is 5.32 Å². The summed E-state index contributed by atoms with van der Waals surface area (Å²) >= 11 is 1.54. The summed E-state index contributed by atoms with van der Waals surface area (Å²) in [6, 6.07) is 19.2. The zero-order valence-electron chi connectivity index (χ0n) is 14.1. The van der Waals surface area contributed by atoms with Crippen LogP contribution in [0.15, 0.2) is 60.7 Å². The molecule has 1 heterocycles. The molecular weight excluding hydrogens is 332 g/mol. The largest absolute Gasteiger partial charge is 0.386 e. The summed E-state index contributed by atoms with van der Waals surface area (Å²) in [6.45, 7) is 1.98. The second-order valence-electron chi connectivity index (χ2n) is 6.17. The summed E-state index contributed by atoms with van der Waals surface area (Å²) in [5.41, 5.74) is 7.11. The highest BCUT2D eigenvalue weighted by Crippen LogP contribution is 2.29. The molecule has 4 nitrogen and oxygen atoms in total. The van der Waals surface area contributed by atoms with Crippen molar-refractivity contribution in [3.05, 3.63) is 71.1 Å². The van der Waals surface area contributed by atoms with Gasteiger partial charge in [0.1, 0.15) is 6.10 Å². The van der Waals surface area contributed by atoms with Gasteiger partial charge in [0, 0.05) is 22.2 Å². The Kier molecular flexibility index (Phi) is 5.48. The number of benzene rings is 2. The normalized spacial score (nSPS) is 14.8. The Bertz CT molecular complexity index is 814. The van der Waals surface area contributed by atoms with Crippen molar-refractivity contribution in [2.45, 2.75) is 19.1 Å². The van der Waals surface area contributed by atoms with Gasteiger partial charge in [-0.25, -0.2) is 0 Å². The highest BCUT2D eigenvalue weighted by atomic mass is 32.1. The van der Waals surface area contributed by atoms with Crippen LogP contribution in [0.4, 0.5) is 0 Å². The molecular formula is C20H22N2O2S. The molecule has 0 spiro atoms. The van der Waals surface area contributed by atoms with Crippen LogP contribution in [0.25, 0.3) is 10.1 Å². The Morgan fingerprint density at radius 3 is 2.56 bits per heavy atom. The Morgan fingerprint density at radius 2 is 1.84 bits per heavy atom. The van der Waals surface area contributed by atoms with Gasteiger partial charge >= 0.3 is 0 Å². The number of aliphatic hydroxyl groups excluding tert-OH is 1. The molecule has 3 aromatic rings. The molecule has 0 saturated heterocycles. The van der Waals surface area contributed by atoms with Crippen molar-refractivity contribution >= 4 is 27.3 Å². The molecule has 0 aliphatic carbocycles. The van der Waals surface area contributed by atoms with Gasteiger partial charge in [0.25, 0.3) is 0 Å². The second kappa shape index (κ2) is 7.78. The van der Waals surface area contributed by atoms with E-state index in [9.17, 15) is 9.90 Å². The van der Waals surface area contributed by atoms with Gasteiger partial charge < -0.3 is 16.2 Å². The van der Waals surface area contributed by atoms with Gasteiger partial charge in [-0.2, -0.15) is 0 Å². The first-order valence-corrected chi connectivity index (χ1v) is 9.12. The first-order valence-electron chi connectivity index (χ1n) is 8.31. The molecule has 0 saturated carbocycles. The number of fused-ring (bicyclic) bond motifs is 1. The molecule has 3 unspecified atom stereocenters. The highest BCUT2D eigenvalue weighted by Gasteiger charge is 2.23. The van der Waals surface area contributed by atoms with Crippen molar-refractivity contribution in [1.82, 2.24) is 5.32 Å². The van der Waals surface area contributed by atoms with Crippen LogP contribution in [0.1, 0.15) is 29.5 Å². The average Bonchev–Trinajstić information content (AvgIpc) is 3.09. The third-order valence-corrected chi connectivity index (χ3v) is 5.60. The first-order chi connectivity index (χ1) is 12.1. The van der Waals surface area contributed by atoms with Crippen molar-refractivity contribution in [3.63, 3.8) is 0 Å². The molecule has 3 atom stereocenters. The Morgan fingerprint density at radius 1 is 1.16 bits per heavy atom. The summed E-state index contributed by atoms with van der Waals surface area (Å²) in [6.07, 6.45) is -0.721. The van der Waals surface area contributed by atoms with Crippen LogP contribution < -0.4 is 11.1 Å². The van der Waals surface area contributed by atoms with Gasteiger partial charge in [0.2, 0.25) is 5.91 Å². The zero-order chi connectivity index (χ0) is 17.8. The predicted molar refractivity (Wildman–Crippen MR) is 102 cm³/mol. The maximum absolute atomic E-state index is 12.4. The van der Waals surface area contributed by atoms with E-state index in [0.717, 1.165) is 20.5 Å². The molecule has 1 aromatic heterocycles. The van der Waals surface area contributed by atoms with Crippen molar-refractivity contribution in [2.75, 3.05) is 6.54 Å². The lowest BCUT2D eigenvalue weighted by Crippen LogP contribution is -2.37. The fourth-order valence-corrected chi connectivity index (χ4v) is 3.80. The number of aliphatic hydroxyl groups is 1. The van der Waals surface area contributed by atoms with Crippen LogP contribution in [-0.4, -0.2) is 17.6 Å². The molecule has 3 rings (SSSR count). The first kappa shape index (κ1) is 17.6. The van der Waals surface area contributed by atoms with Gasteiger partial charge in [-0.3, -0.25) is 4.79 Å². The van der Waals surface area contributed by atoms with Crippen molar-refractivity contribution in [1.29, 1.82) is 0 Å². The predicted octanol–water partition coefficient (Wildman–Crippen LogP) is 3.39. The average molecular weight is 354 g/mol. The second-order valence-corrected chi connectivity index (χ2v) is 7.29. The van der Waals surface area contributed by atoms with E-state index < -0.39 is 6.10 Å². The summed E-state index contributed by atoms with van der Waals surface area (Å²) in [5, 5.41) is 14.3. The number of hydrogen-bond donors (Lipinski definition) is 3. The Balaban J connectivity index is 1.59. The van der Waals surface area contributed by atoms with Crippen LogP contribution >= 0.6 is 11.3 Å². The number of amides is 1. The number of carbonyl (C=O) groups is 1. The quantitative estimate of drug-likeness (QED) is 0.635. The molecule has 0 aliphatic rings.